The SMILES string of the molecule is BrCc1ccc(Br)cc1Oc1cccc(I)c1. The minimum atomic E-state index is 0.777. The first-order chi connectivity index (χ1) is 8.19. The van der Waals surface area contributed by atoms with Crippen LogP contribution in [0.25, 0.3) is 0 Å². The molecule has 88 valence electrons. The van der Waals surface area contributed by atoms with Crippen LogP contribution >= 0.6 is 54.5 Å². The molecule has 2 aromatic rings. The van der Waals surface area contributed by atoms with Crippen LogP contribution in [0.4, 0.5) is 0 Å². The van der Waals surface area contributed by atoms with Gasteiger partial charge in [-0.3, -0.25) is 0 Å². The second kappa shape index (κ2) is 6.20. The molecular formula is C13H9Br2IO. The van der Waals surface area contributed by atoms with Crippen LogP contribution in [0.1, 0.15) is 5.56 Å². The highest BCUT2D eigenvalue weighted by Gasteiger charge is 2.05. The Hall–Kier alpha value is -0.0700. The Labute approximate surface area is 131 Å². The molecule has 0 saturated heterocycles. The highest BCUT2D eigenvalue weighted by atomic mass is 127. The molecule has 4 heteroatoms. The second-order valence-electron chi connectivity index (χ2n) is 3.45. The minimum Gasteiger partial charge on any atom is -0.457 e. The molecule has 17 heavy (non-hydrogen) atoms. The number of rotatable bonds is 3. The third-order valence-electron chi connectivity index (χ3n) is 2.20. The molecule has 0 spiro atoms. The van der Waals surface area contributed by atoms with E-state index >= 15 is 0 Å². The molecule has 0 bridgehead atoms. The quantitative estimate of drug-likeness (QED) is 0.413. The van der Waals surface area contributed by atoms with Gasteiger partial charge in [0.15, 0.2) is 0 Å². The monoisotopic (exact) mass is 466 g/mol. The normalized spacial score (nSPS) is 10.3. The van der Waals surface area contributed by atoms with Crippen molar-refractivity contribution in [3.05, 3.63) is 56.1 Å². The second-order valence-corrected chi connectivity index (χ2v) is 6.17. The highest BCUT2D eigenvalue weighted by molar-refractivity contribution is 14.1. The molecule has 1 nitrogen and oxygen atoms in total. The van der Waals surface area contributed by atoms with E-state index in [1.165, 1.54) is 0 Å². The van der Waals surface area contributed by atoms with Crippen LogP contribution in [0.2, 0.25) is 0 Å². The summed E-state index contributed by atoms with van der Waals surface area (Å²) in [5, 5.41) is 0.777. The summed E-state index contributed by atoms with van der Waals surface area (Å²) >= 11 is 9.19. The van der Waals surface area contributed by atoms with Gasteiger partial charge in [-0.05, 0) is 52.9 Å². The summed E-state index contributed by atoms with van der Waals surface area (Å²) in [5.74, 6) is 1.73. The first-order valence-corrected chi connectivity index (χ1v) is 7.96. The lowest BCUT2D eigenvalue weighted by Gasteiger charge is -2.10. The molecule has 0 aliphatic carbocycles. The van der Waals surface area contributed by atoms with E-state index in [1.54, 1.807) is 0 Å². The van der Waals surface area contributed by atoms with Crippen LogP contribution in [-0.4, -0.2) is 0 Å². The van der Waals surface area contributed by atoms with Crippen LogP contribution in [-0.2, 0) is 5.33 Å². The first-order valence-electron chi connectivity index (χ1n) is 4.97. The number of halogens is 3. The molecule has 0 saturated carbocycles. The lowest BCUT2D eigenvalue weighted by Crippen LogP contribution is -1.89. The molecule has 2 rings (SSSR count). The predicted molar refractivity (Wildman–Crippen MR) is 86.0 cm³/mol. The van der Waals surface area contributed by atoms with E-state index in [0.29, 0.717) is 0 Å². The summed E-state index contributed by atoms with van der Waals surface area (Å²) in [4.78, 5) is 0. The van der Waals surface area contributed by atoms with Gasteiger partial charge in [-0.15, -0.1) is 0 Å². The lowest BCUT2D eigenvalue weighted by atomic mass is 10.2. The zero-order valence-electron chi connectivity index (χ0n) is 8.79. The molecular weight excluding hydrogens is 459 g/mol. The van der Waals surface area contributed by atoms with Gasteiger partial charge in [0.2, 0.25) is 0 Å². The Balaban J connectivity index is 2.32. The molecule has 0 N–H and O–H groups in total. The Bertz CT molecular complexity index is 529. The maximum atomic E-state index is 5.90. The van der Waals surface area contributed by atoms with Gasteiger partial charge in [0.05, 0.1) is 0 Å². The highest BCUT2D eigenvalue weighted by Crippen LogP contribution is 2.30. The number of benzene rings is 2. The van der Waals surface area contributed by atoms with Gasteiger partial charge in [-0.1, -0.05) is 44.0 Å². The fourth-order valence-electron chi connectivity index (χ4n) is 1.39. The minimum absolute atomic E-state index is 0.777. The van der Waals surface area contributed by atoms with Gasteiger partial charge < -0.3 is 4.74 Å². The molecule has 0 aliphatic heterocycles. The topological polar surface area (TPSA) is 9.23 Å². The summed E-state index contributed by atoms with van der Waals surface area (Å²) in [6, 6.07) is 14.0. The number of ether oxygens (including phenoxy) is 1. The molecule has 0 fully saturated rings. The van der Waals surface area contributed by atoms with E-state index in [0.717, 1.165) is 30.4 Å². The van der Waals surface area contributed by atoms with Gasteiger partial charge in [0, 0.05) is 18.9 Å². The van der Waals surface area contributed by atoms with Crippen molar-refractivity contribution in [2.45, 2.75) is 5.33 Å². The van der Waals surface area contributed by atoms with E-state index in [4.69, 9.17) is 4.74 Å². The summed E-state index contributed by atoms with van der Waals surface area (Å²) in [5.41, 5.74) is 1.13. The molecule has 0 amide bonds. The van der Waals surface area contributed by atoms with Crippen LogP contribution in [0.3, 0.4) is 0 Å². The molecule has 0 aromatic heterocycles. The molecule has 0 heterocycles. The van der Waals surface area contributed by atoms with E-state index in [9.17, 15) is 0 Å². The Morgan fingerprint density at radius 2 is 1.94 bits per heavy atom. The van der Waals surface area contributed by atoms with E-state index < -0.39 is 0 Å². The Kier molecular flexibility index (Phi) is 4.87. The van der Waals surface area contributed by atoms with Crippen molar-refractivity contribution < 1.29 is 4.74 Å². The molecule has 0 radical (unpaired) electrons. The smallest absolute Gasteiger partial charge is 0.132 e. The fourth-order valence-corrected chi connectivity index (χ4v) is 2.71. The Morgan fingerprint density at radius 3 is 2.65 bits per heavy atom. The van der Waals surface area contributed by atoms with E-state index in [1.807, 2.05) is 42.5 Å². The van der Waals surface area contributed by atoms with Gasteiger partial charge >= 0.3 is 0 Å². The number of hydrogen-bond donors (Lipinski definition) is 0. The van der Waals surface area contributed by atoms with Crippen LogP contribution in [0, 0.1) is 3.57 Å². The van der Waals surface area contributed by atoms with Crippen molar-refractivity contribution in [3.63, 3.8) is 0 Å². The largest absolute Gasteiger partial charge is 0.457 e. The lowest BCUT2D eigenvalue weighted by molar-refractivity contribution is 0.478. The molecule has 0 aliphatic rings. The van der Waals surface area contributed by atoms with Crippen molar-refractivity contribution in [2.75, 3.05) is 0 Å². The summed E-state index contributed by atoms with van der Waals surface area (Å²) in [7, 11) is 0. The van der Waals surface area contributed by atoms with Crippen molar-refractivity contribution >= 4 is 54.5 Å². The van der Waals surface area contributed by atoms with Gasteiger partial charge in [-0.25, -0.2) is 0 Å². The van der Waals surface area contributed by atoms with Crippen LogP contribution in [0.15, 0.2) is 46.9 Å². The predicted octanol–water partition coefficient (Wildman–Crippen LogP) is 5.74. The fraction of sp³-hybridized carbons (Fsp3) is 0.0769. The number of hydrogen-bond acceptors (Lipinski definition) is 1. The van der Waals surface area contributed by atoms with Gasteiger partial charge in [0.1, 0.15) is 11.5 Å². The molecule has 0 unspecified atom stereocenters. The van der Waals surface area contributed by atoms with Crippen LogP contribution in [0.5, 0.6) is 11.5 Å². The zero-order valence-corrected chi connectivity index (χ0v) is 14.1. The maximum absolute atomic E-state index is 5.90. The Morgan fingerprint density at radius 1 is 1.12 bits per heavy atom. The summed E-state index contributed by atoms with van der Waals surface area (Å²) in [6.45, 7) is 0. The van der Waals surface area contributed by atoms with Crippen LogP contribution < -0.4 is 4.74 Å². The summed E-state index contributed by atoms with van der Waals surface area (Å²) < 4.78 is 8.08. The van der Waals surface area contributed by atoms with Crippen molar-refractivity contribution in [1.29, 1.82) is 0 Å². The number of alkyl halides is 1. The summed E-state index contributed by atoms with van der Waals surface area (Å²) in [6.07, 6.45) is 0. The molecule has 2 aromatic carbocycles. The maximum Gasteiger partial charge on any atom is 0.132 e. The third kappa shape index (κ3) is 3.69. The zero-order chi connectivity index (χ0) is 12.3. The molecule has 0 atom stereocenters. The van der Waals surface area contributed by atoms with Gasteiger partial charge in [0.25, 0.3) is 0 Å². The first kappa shape index (κ1) is 13.4. The average Bonchev–Trinajstić information content (AvgIpc) is 2.29. The van der Waals surface area contributed by atoms with E-state index in [-0.39, 0.29) is 0 Å². The van der Waals surface area contributed by atoms with Crippen molar-refractivity contribution in [1.82, 2.24) is 0 Å². The van der Waals surface area contributed by atoms with Crippen molar-refractivity contribution in [2.24, 2.45) is 0 Å². The van der Waals surface area contributed by atoms with Crippen molar-refractivity contribution in [3.8, 4) is 11.5 Å². The third-order valence-corrected chi connectivity index (χ3v) is 3.97. The van der Waals surface area contributed by atoms with Gasteiger partial charge in [-0.2, -0.15) is 0 Å². The average molecular weight is 468 g/mol. The van der Waals surface area contributed by atoms with E-state index in [2.05, 4.69) is 54.5 Å². The standard InChI is InChI=1S/C13H9Br2IO/c14-8-9-4-5-10(15)6-13(9)17-12-3-1-2-11(16)7-12/h1-7H,8H2.